The van der Waals surface area contributed by atoms with Gasteiger partial charge in [0.1, 0.15) is 5.15 Å². The number of fused-ring (bicyclic) bond motifs is 1. The minimum atomic E-state index is -1.14. The highest BCUT2D eigenvalue weighted by molar-refractivity contribution is 6.30. The molecule has 0 aliphatic carbocycles. The topological polar surface area (TPSA) is 67.5 Å². The molecule has 0 amide bonds. The number of carbonyl (C=O) groups is 1. The van der Waals surface area contributed by atoms with Gasteiger partial charge in [0.25, 0.3) is 0 Å². The molecule has 0 bridgehead atoms. The summed E-state index contributed by atoms with van der Waals surface area (Å²) in [7, 11) is 0. The van der Waals surface area contributed by atoms with Gasteiger partial charge in [0.15, 0.2) is 11.3 Å². The Bertz CT molecular complexity index is 812. The third kappa shape index (κ3) is 2.21. The number of hydrogen-bond donors (Lipinski definition) is 1. The molecule has 2 heterocycles. The fourth-order valence-corrected chi connectivity index (χ4v) is 2.16. The molecule has 0 fully saturated rings. The minimum absolute atomic E-state index is 0.120. The number of rotatable bonds is 2. The van der Waals surface area contributed by atoms with Crippen molar-refractivity contribution in [2.24, 2.45) is 0 Å². The Hall–Kier alpha value is -2.11. The van der Waals surface area contributed by atoms with Gasteiger partial charge >= 0.3 is 5.97 Å². The van der Waals surface area contributed by atoms with Crippen LogP contribution in [-0.4, -0.2) is 25.7 Å². The number of benzene rings is 1. The van der Waals surface area contributed by atoms with E-state index >= 15 is 0 Å². The summed E-state index contributed by atoms with van der Waals surface area (Å²) in [6, 6.07) is 10.1. The highest BCUT2D eigenvalue weighted by atomic mass is 35.5. The molecule has 0 radical (unpaired) electrons. The average molecular weight is 308 g/mol. The van der Waals surface area contributed by atoms with Crippen molar-refractivity contribution in [1.29, 1.82) is 0 Å². The van der Waals surface area contributed by atoms with E-state index in [1.807, 2.05) is 12.1 Å². The molecule has 3 rings (SSSR count). The predicted octanol–water partition coefficient (Wildman–Crippen LogP) is 3.40. The second kappa shape index (κ2) is 4.77. The Morgan fingerprint density at radius 2 is 1.85 bits per heavy atom. The number of carboxylic acids is 1. The van der Waals surface area contributed by atoms with Crippen molar-refractivity contribution in [3.8, 4) is 11.3 Å². The summed E-state index contributed by atoms with van der Waals surface area (Å²) in [4.78, 5) is 14.9. The normalized spacial score (nSPS) is 10.9. The highest BCUT2D eigenvalue weighted by Crippen LogP contribution is 2.23. The molecule has 0 aliphatic heterocycles. The largest absolute Gasteiger partial charge is 0.477 e. The van der Waals surface area contributed by atoms with Crippen molar-refractivity contribution in [2.75, 3.05) is 0 Å². The van der Waals surface area contributed by atoms with Crippen LogP contribution >= 0.6 is 23.2 Å². The lowest BCUT2D eigenvalue weighted by atomic mass is 10.2. The number of aromatic carboxylic acids is 1. The van der Waals surface area contributed by atoms with Crippen molar-refractivity contribution >= 4 is 34.8 Å². The Balaban J connectivity index is 2.17. The molecule has 0 saturated heterocycles. The molecule has 100 valence electrons. The molecule has 3 aromatic rings. The molecule has 0 unspecified atom stereocenters. The number of aromatic nitrogens is 3. The van der Waals surface area contributed by atoms with E-state index < -0.39 is 5.97 Å². The van der Waals surface area contributed by atoms with E-state index in [0.717, 1.165) is 5.56 Å². The number of hydrogen-bond acceptors (Lipinski definition) is 3. The maximum absolute atomic E-state index is 10.9. The Morgan fingerprint density at radius 3 is 2.50 bits per heavy atom. The van der Waals surface area contributed by atoms with Gasteiger partial charge in [-0.3, -0.25) is 0 Å². The van der Waals surface area contributed by atoms with Gasteiger partial charge in [-0.15, -0.1) is 0 Å². The van der Waals surface area contributed by atoms with Crippen LogP contribution in [0, 0.1) is 0 Å². The summed E-state index contributed by atoms with van der Waals surface area (Å²) < 4.78 is 1.39. The highest BCUT2D eigenvalue weighted by Gasteiger charge is 2.13. The van der Waals surface area contributed by atoms with Gasteiger partial charge in [-0.2, -0.15) is 5.10 Å². The zero-order valence-corrected chi connectivity index (χ0v) is 11.4. The van der Waals surface area contributed by atoms with E-state index in [1.165, 1.54) is 10.6 Å². The van der Waals surface area contributed by atoms with E-state index in [1.54, 1.807) is 18.2 Å². The van der Waals surface area contributed by atoms with Crippen LogP contribution in [0.1, 0.15) is 10.5 Å². The van der Waals surface area contributed by atoms with Crippen LogP contribution in [0.25, 0.3) is 16.9 Å². The number of nitrogens with zero attached hydrogens (tertiary/aromatic N) is 3. The van der Waals surface area contributed by atoms with Gasteiger partial charge < -0.3 is 5.11 Å². The Morgan fingerprint density at radius 1 is 1.15 bits per heavy atom. The van der Waals surface area contributed by atoms with Gasteiger partial charge in [0, 0.05) is 22.7 Å². The molecule has 0 aliphatic rings. The van der Waals surface area contributed by atoms with Gasteiger partial charge in [-0.05, 0) is 12.1 Å². The summed E-state index contributed by atoms with van der Waals surface area (Å²) in [6.07, 6.45) is 0. The molecule has 20 heavy (non-hydrogen) atoms. The van der Waals surface area contributed by atoms with E-state index in [0.29, 0.717) is 16.4 Å². The first-order chi connectivity index (χ1) is 9.54. The van der Waals surface area contributed by atoms with Gasteiger partial charge in [-0.1, -0.05) is 35.3 Å². The monoisotopic (exact) mass is 307 g/mol. The minimum Gasteiger partial charge on any atom is -0.477 e. The van der Waals surface area contributed by atoms with Crippen LogP contribution in [0.4, 0.5) is 0 Å². The molecule has 2 aromatic heterocycles. The van der Waals surface area contributed by atoms with Crippen molar-refractivity contribution in [3.05, 3.63) is 52.3 Å². The SMILES string of the molecule is O=C(O)c1cc(Cl)n2nc(-c3ccc(Cl)cc3)cc2n1. The summed E-state index contributed by atoms with van der Waals surface area (Å²) >= 11 is 11.8. The lowest BCUT2D eigenvalue weighted by Gasteiger charge is -1.98. The summed E-state index contributed by atoms with van der Waals surface area (Å²) in [5.74, 6) is -1.14. The fourth-order valence-electron chi connectivity index (χ4n) is 1.81. The smallest absolute Gasteiger partial charge is 0.354 e. The van der Waals surface area contributed by atoms with Crippen molar-refractivity contribution in [2.45, 2.75) is 0 Å². The van der Waals surface area contributed by atoms with Crippen LogP contribution in [-0.2, 0) is 0 Å². The van der Waals surface area contributed by atoms with Crippen LogP contribution in [0.5, 0.6) is 0 Å². The summed E-state index contributed by atoms with van der Waals surface area (Å²) in [6.45, 7) is 0. The first-order valence-corrected chi connectivity index (χ1v) is 6.36. The van der Waals surface area contributed by atoms with Crippen LogP contribution in [0.2, 0.25) is 10.2 Å². The van der Waals surface area contributed by atoms with Gasteiger partial charge in [-0.25, -0.2) is 14.3 Å². The number of carboxylic acid groups (broad SMARTS) is 1. The maximum Gasteiger partial charge on any atom is 0.354 e. The van der Waals surface area contributed by atoms with E-state index in [9.17, 15) is 4.79 Å². The third-order valence-electron chi connectivity index (χ3n) is 2.74. The fraction of sp³-hybridized carbons (Fsp3) is 0. The Kier molecular flexibility index (Phi) is 3.08. The quantitative estimate of drug-likeness (QED) is 0.737. The predicted molar refractivity (Wildman–Crippen MR) is 75.4 cm³/mol. The molecule has 1 N–H and O–H groups in total. The molecule has 7 heteroatoms. The van der Waals surface area contributed by atoms with E-state index in [2.05, 4.69) is 10.1 Å². The van der Waals surface area contributed by atoms with Crippen molar-refractivity contribution < 1.29 is 9.90 Å². The summed E-state index contributed by atoms with van der Waals surface area (Å²) in [5.41, 5.74) is 1.73. The maximum atomic E-state index is 10.9. The van der Waals surface area contributed by atoms with E-state index in [4.69, 9.17) is 28.3 Å². The van der Waals surface area contributed by atoms with Gasteiger partial charge in [0.2, 0.25) is 0 Å². The zero-order chi connectivity index (χ0) is 14.3. The van der Waals surface area contributed by atoms with Crippen LogP contribution < -0.4 is 0 Å². The Labute approximate surface area is 123 Å². The standard InChI is InChI=1S/C13H7Cl2N3O2/c14-8-3-1-7(2-4-8)9-6-12-16-10(13(19)20)5-11(15)18(12)17-9/h1-6H,(H,19,20). The molecular formula is C13H7Cl2N3O2. The van der Waals surface area contributed by atoms with Crippen LogP contribution in [0.15, 0.2) is 36.4 Å². The average Bonchev–Trinajstić information content (AvgIpc) is 2.84. The molecular weight excluding hydrogens is 301 g/mol. The number of halogens is 2. The molecule has 0 spiro atoms. The van der Waals surface area contributed by atoms with E-state index in [-0.39, 0.29) is 10.8 Å². The van der Waals surface area contributed by atoms with Gasteiger partial charge in [0.05, 0.1) is 5.69 Å². The lowest BCUT2D eigenvalue weighted by Crippen LogP contribution is -2.03. The second-order valence-electron chi connectivity index (χ2n) is 4.08. The first-order valence-electron chi connectivity index (χ1n) is 5.60. The van der Waals surface area contributed by atoms with Crippen molar-refractivity contribution in [1.82, 2.24) is 14.6 Å². The van der Waals surface area contributed by atoms with Crippen molar-refractivity contribution in [3.63, 3.8) is 0 Å². The molecule has 5 nitrogen and oxygen atoms in total. The molecule has 0 atom stereocenters. The zero-order valence-electron chi connectivity index (χ0n) is 9.92. The molecule has 1 aromatic carbocycles. The first kappa shape index (κ1) is 12.9. The third-order valence-corrected chi connectivity index (χ3v) is 3.26. The second-order valence-corrected chi connectivity index (χ2v) is 4.90. The lowest BCUT2D eigenvalue weighted by molar-refractivity contribution is 0.0690. The molecule has 0 saturated carbocycles. The van der Waals surface area contributed by atoms with Crippen LogP contribution in [0.3, 0.4) is 0 Å². The summed E-state index contributed by atoms with van der Waals surface area (Å²) in [5, 5.41) is 14.1.